The van der Waals surface area contributed by atoms with Crippen LogP contribution in [0.4, 0.5) is 11.5 Å². The molecule has 0 spiro atoms. The molecule has 0 radical (unpaired) electrons. The van der Waals surface area contributed by atoms with Crippen molar-refractivity contribution in [3.05, 3.63) is 41.9 Å². The fourth-order valence-electron chi connectivity index (χ4n) is 3.21. The van der Waals surface area contributed by atoms with Crippen LogP contribution in [0, 0.1) is 6.92 Å². The lowest BCUT2D eigenvalue weighted by atomic mass is 9.95. The van der Waals surface area contributed by atoms with E-state index < -0.39 is 0 Å². The average Bonchev–Trinajstić information content (AvgIpc) is 2.64. The molecule has 1 aromatic heterocycles. The first-order valence-corrected chi connectivity index (χ1v) is 9.30. The highest BCUT2D eigenvalue weighted by Crippen LogP contribution is 2.21. The van der Waals surface area contributed by atoms with Gasteiger partial charge in [0.2, 0.25) is 0 Å². The zero-order chi connectivity index (χ0) is 18.4. The summed E-state index contributed by atoms with van der Waals surface area (Å²) in [5.41, 5.74) is 1.07. The molecule has 0 saturated heterocycles. The number of carbonyl (C=O) groups is 1. The summed E-state index contributed by atoms with van der Waals surface area (Å²) in [4.78, 5) is 21.3. The molecule has 3 rings (SSSR count). The second-order valence-corrected chi connectivity index (χ2v) is 6.58. The van der Waals surface area contributed by atoms with E-state index in [9.17, 15) is 4.79 Å². The number of ether oxygens (including phenoxy) is 1. The molecule has 0 bridgehead atoms. The summed E-state index contributed by atoms with van der Waals surface area (Å²) in [5, 5.41) is 6.33. The van der Waals surface area contributed by atoms with E-state index >= 15 is 0 Å². The van der Waals surface area contributed by atoms with Gasteiger partial charge in [-0.15, -0.1) is 0 Å². The number of nitrogens with zero attached hydrogens (tertiary/aromatic N) is 2. The first-order chi connectivity index (χ1) is 12.6. The molecule has 6 heteroatoms. The van der Waals surface area contributed by atoms with E-state index in [2.05, 4.69) is 20.6 Å². The lowest BCUT2D eigenvalue weighted by molar-refractivity contribution is 0.102. The van der Waals surface area contributed by atoms with Crippen molar-refractivity contribution < 1.29 is 9.53 Å². The Hall–Kier alpha value is -2.63. The molecular weight excluding hydrogens is 328 g/mol. The summed E-state index contributed by atoms with van der Waals surface area (Å²) in [6.45, 7) is 4.36. The van der Waals surface area contributed by atoms with Crippen molar-refractivity contribution in [3.8, 4) is 5.75 Å². The molecule has 1 amide bonds. The van der Waals surface area contributed by atoms with Gasteiger partial charge in [0, 0.05) is 17.8 Å². The molecule has 1 aliphatic carbocycles. The minimum atomic E-state index is -0.244. The number of aromatic nitrogens is 2. The largest absolute Gasteiger partial charge is 0.494 e. The summed E-state index contributed by atoms with van der Waals surface area (Å²) < 4.78 is 5.41. The van der Waals surface area contributed by atoms with E-state index in [-0.39, 0.29) is 5.91 Å². The van der Waals surface area contributed by atoms with Crippen molar-refractivity contribution in [2.45, 2.75) is 52.0 Å². The standard InChI is InChI=1S/C20H26N4O2/c1-3-26-17-11-9-16(10-12-17)24-20(25)18-13-19(22-14(2)21-18)23-15-7-5-4-6-8-15/h9-13,15H,3-8H2,1-2H3,(H,24,25)(H,21,22,23). The molecule has 1 saturated carbocycles. The first kappa shape index (κ1) is 18.2. The van der Waals surface area contributed by atoms with E-state index in [1.165, 1.54) is 19.3 Å². The van der Waals surface area contributed by atoms with E-state index in [1.54, 1.807) is 13.0 Å². The van der Waals surface area contributed by atoms with Gasteiger partial charge in [-0.25, -0.2) is 9.97 Å². The molecule has 0 atom stereocenters. The fourth-order valence-corrected chi connectivity index (χ4v) is 3.21. The van der Waals surface area contributed by atoms with Gasteiger partial charge < -0.3 is 15.4 Å². The second-order valence-electron chi connectivity index (χ2n) is 6.58. The molecule has 0 aliphatic heterocycles. The molecule has 1 aliphatic rings. The zero-order valence-electron chi connectivity index (χ0n) is 15.4. The summed E-state index contributed by atoms with van der Waals surface area (Å²) in [5.74, 6) is 1.84. The fraction of sp³-hybridized carbons (Fsp3) is 0.450. The smallest absolute Gasteiger partial charge is 0.274 e. The summed E-state index contributed by atoms with van der Waals surface area (Å²) in [6.07, 6.45) is 6.09. The highest BCUT2D eigenvalue weighted by Gasteiger charge is 2.16. The van der Waals surface area contributed by atoms with Crippen molar-refractivity contribution in [1.82, 2.24) is 9.97 Å². The van der Waals surface area contributed by atoms with Crippen LogP contribution in [0.3, 0.4) is 0 Å². The number of anilines is 2. The van der Waals surface area contributed by atoms with E-state index in [1.807, 2.05) is 31.2 Å². The third-order valence-electron chi connectivity index (χ3n) is 4.45. The van der Waals surface area contributed by atoms with Crippen LogP contribution in [0.15, 0.2) is 30.3 Å². The maximum atomic E-state index is 12.6. The Bertz CT molecular complexity index is 740. The highest BCUT2D eigenvalue weighted by atomic mass is 16.5. The molecule has 0 unspecified atom stereocenters. The Kier molecular flexibility index (Phi) is 6.04. The van der Waals surface area contributed by atoms with Crippen LogP contribution in [0.25, 0.3) is 0 Å². The average molecular weight is 354 g/mol. The van der Waals surface area contributed by atoms with Gasteiger partial charge in [0.1, 0.15) is 23.1 Å². The number of benzene rings is 1. The van der Waals surface area contributed by atoms with Crippen LogP contribution in [0.5, 0.6) is 5.75 Å². The number of hydrogen-bond acceptors (Lipinski definition) is 5. The van der Waals surface area contributed by atoms with Crippen LogP contribution in [0.1, 0.15) is 55.3 Å². The molecular formula is C20H26N4O2. The minimum Gasteiger partial charge on any atom is -0.494 e. The monoisotopic (exact) mass is 354 g/mol. The SMILES string of the molecule is CCOc1ccc(NC(=O)c2cc(NC3CCCCC3)nc(C)n2)cc1. The Morgan fingerprint density at radius 1 is 1.15 bits per heavy atom. The van der Waals surface area contributed by atoms with Crippen LogP contribution in [0.2, 0.25) is 0 Å². The number of aryl methyl sites for hydroxylation is 1. The number of rotatable bonds is 6. The number of hydrogen-bond donors (Lipinski definition) is 2. The van der Waals surface area contributed by atoms with Gasteiger partial charge in [0.05, 0.1) is 6.61 Å². The van der Waals surface area contributed by atoms with Gasteiger partial charge in [-0.1, -0.05) is 19.3 Å². The van der Waals surface area contributed by atoms with Crippen LogP contribution in [-0.2, 0) is 0 Å². The molecule has 2 N–H and O–H groups in total. The Morgan fingerprint density at radius 2 is 1.88 bits per heavy atom. The van der Waals surface area contributed by atoms with Crippen LogP contribution >= 0.6 is 0 Å². The van der Waals surface area contributed by atoms with Crippen molar-refractivity contribution in [1.29, 1.82) is 0 Å². The van der Waals surface area contributed by atoms with Crippen molar-refractivity contribution in [2.24, 2.45) is 0 Å². The molecule has 1 fully saturated rings. The topological polar surface area (TPSA) is 76.1 Å². The normalized spacial score (nSPS) is 14.7. The highest BCUT2D eigenvalue weighted by molar-refractivity contribution is 6.03. The lowest BCUT2D eigenvalue weighted by Gasteiger charge is -2.23. The van der Waals surface area contributed by atoms with Crippen LogP contribution in [-0.4, -0.2) is 28.5 Å². The summed E-state index contributed by atoms with van der Waals surface area (Å²) in [6, 6.07) is 9.46. The third-order valence-corrected chi connectivity index (χ3v) is 4.45. The van der Waals surface area contributed by atoms with E-state index in [0.717, 1.165) is 24.4 Å². The van der Waals surface area contributed by atoms with E-state index in [0.29, 0.717) is 29.9 Å². The minimum absolute atomic E-state index is 0.244. The van der Waals surface area contributed by atoms with Gasteiger partial charge in [0.25, 0.3) is 5.91 Å². The predicted octanol–water partition coefficient (Wildman–Crippen LogP) is 4.18. The molecule has 26 heavy (non-hydrogen) atoms. The van der Waals surface area contributed by atoms with Gasteiger partial charge in [-0.2, -0.15) is 0 Å². The van der Waals surface area contributed by atoms with Crippen LogP contribution < -0.4 is 15.4 Å². The Labute approximate surface area is 154 Å². The van der Waals surface area contributed by atoms with Gasteiger partial charge in [-0.05, 0) is 51.0 Å². The molecule has 1 heterocycles. The number of nitrogens with one attached hydrogen (secondary N) is 2. The molecule has 2 aromatic rings. The van der Waals surface area contributed by atoms with Gasteiger partial charge >= 0.3 is 0 Å². The van der Waals surface area contributed by atoms with Gasteiger partial charge in [-0.3, -0.25) is 4.79 Å². The Morgan fingerprint density at radius 3 is 2.58 bits per heavy atom. The molecule has 6 nitrogen and oxygen atoms in total. The molecule has 1 aromatic carbocycles. The molecule has 138 valence electrons. The quantitative estimate of drug-likeness (QED) is 0.814. The zero-order valence-corrected chi connectivity index (χ0v) is 15.4. The predicted molar refractivity (Wildman–Crippen MR) is 103 cm³/mol. The summed E-state index contributed by atoms with van der Waals surface area (Å²) in [7, 11) is 0. The van der Waals surface area contributed by atoms with Crippen molar-refractivity contribution in [3.63, 3.8) is 0 Å². The maximum Gasteiger partial charge on any atom is 0.274 e. The van der Waals surface area contributed by atoms with Crippen molar-refractivity contribution >= 4 is 17.4 Å². The summed E-state index contributed by atoms with van der Waals surface area (Å²) >= 11 is 0. The first-order valence-electron chi connectivity index (χ1n) is 9.30. The number of carbonyl (C=O) groups excluding carboxylic acids is 1. The maximum absolute atomic E-state index is 12.6. The third kappa shape index (κ3) is 4.94. The van der Waals surface area contributed by atoms with Crippen molar-refractivity contribution in [2.75, 3.05) is 17.2 Å². The lowest BCUT2D eigenvalue weighted by Crippen LogP contribution is -2.24. The van der Waals surface area contributed by atoms with E-state index in [4.69, 9.17) is 4.74 Å². The van der Waals surface area contributed by atoms with Gasteiger partial charge in [0.15, 0.2) is 0 Å². The Balaban J connectivity index is 1.68. The number of amides is 1. The second kappa shape index (κ2) is 8.65.